The van der Waals surface area contributed by atoms with Gasteiger partial charge in [0.05, 0.1) is 5.75 Å². The maximum Gasteiger partial charge on any atom is 0.191 e. The Kier molecular flexibility index (Phi) is 10.5. The van der Waals surface area contributed by atoms with Crippen molar-refractivity contribution in [2.24, 2.45) is 4.99 Å². The molecule has 6 nitrogen and oxygen atoms in total. The van der Waals surface area contributed by atoms with Gasteiger partial charge in [-0.3, -0.25) is 4.99 Å². The summed E-state index contributed by atoms with van der Waals surface area (Å²) in [6.45, 7) is 4.42. The summed E-state index contributed by atoms with van der Waals surface area (Å²) in [5, 5.41) is 6.42. The number of ether oxygens (including phenoxy) is 1. The highest BCUT2D eigenvalue weighted by atomic mass is 127. The minimum atomic E-state index is -2.98. The number of aliphatic imine (C=N–C) groups is 1. The van der Waals surface area contributed by atoms with Gasteiger partial charge in [-0.05, 0) is 61.7 Å². The lowest BCUT2D eigenvalue weighted by molar-refractivity contribution is 0.476. The van der Waals surface area contributed by atoms with E-state index in [0.29, 0.717) is 30.4 Å². The summed E-state index contributed by atoms with van der Waals surface area (Å²) in [4.78, 5) is 4.18. The van der Waals surface area contributed by atoms with Crippen molar-refractivity contribution in [3.63, 3.8) is 0 Å². The molecule has 0 radical (unpaired) electrons. The normalized spacial score (nSPS) is 12.6. The molecule has 0 bridgehead atoms. The number of nitrogens with zero attached hydrogens (tertiary/aromatic N) is 1. The minimum Gasteiger partial charge on any atom is -0.457 e. The zero-order valence-corrected chi connectivity index (χ0v) is 20.8. The smallest absolute Gasteiger partial charge is 0.191 e. The zero-order valence-electron chi connectivity index (χ0n) is 17.6. The Morgan fingerprint density at radius 1 is 1.20 bits per heavy atom. The van der Waals surface area contributed by atoms with Gasteiger partial charge in [0.25, 0.3) is 0 Å². The second-order valence-electron chi connectivity index (χ2n) is 7.05. The summed E-state index contributed by atoms with van der Waals surface area (Å²) in [5.41, 5.74) is 2.00. The van der Waals surface area contributed by atoms with Crippen molar-refractivity contribution >= 4 is 39.8 Å². The lowest BCUT2D eigenvalue weighted by Crippen LogP contribution is -2.42. The van der Waals surface area contributed by atoms with Gasteiger partial charge < -0.3 is 15.4 Å². The number of hydrogen-bond donors (Lipinski definition) is 2. The Morgan fingerprint density at radius 3 is 2.43 bits per heavy atom. The predicted octanol–water partition coefficient (Wildman–Crippen LogP) is 4.03. The summed E-state index contributed by atoms with van der Waals surface area (Å²) >= 11 is 0. The number of benzene rings is 2. The molecule has 0 spiro atoms. The van der Waals surface area contributed by atoms with Crippen LogP contribution in [-0.4, -0.2) is 39.5 Å². The molecule has 9 heteroatoms. The van der Waals surface area contributed by atoms with Crippen molar-refractivity contribution in [1.29, 1.82) is 0 Å². The Morgan fingerprint density at radius 2 is 1.87 bits per heavy atom. The molecule has 2 N–H and O–H groups in total. The van der Waals surface area contributed by atoms with Crippen LogP contribution >= 0.6 is 24.0 Å². The first-order valence-electron chi connectivity index (χ1n) is 9.34. The lowest BCUT2D eigenvalue weighted by atomic mass is 10.1. The predicted molar refractivity (Wildman–Crippen MR) is 130 cm³/mol. The molecule has 0 heterocycles. The van der Waals surface area contributed by atoms with Crippen LogP contribution in [0, 0.1) is 12.7 Å². The molecule has 1 atom stereocenters. The van der Waals surface area contributed by atoms with E-state index < -0.39 is 9.84 Å². The molecule has 2 rings (SSSR count). The summed E-state index contributed by atoms with van der Waals surface area (Å²) in [6, 6.07) is 11.7. The Hall–Kier alpha value is -1.88. The number of aryl methyl sites for hydroxylation is 1. The second kappa shape index (κ2) is 12.1. The number of rotatable bonds is 8. The molecular formula is C21H29FIN3O3S. The van der Waals surface area contributed by atoms with Gasteiger partial charge in [0.2, 0.25) is 0 Å². The highest BCUT2D eigenvalue weighted by Crippen LogP contribution is 2.25. The van der Waals surface area contributed by atoms with Crippen LogP contribution in [0.25, 0.3) is 0 Å². The molecule has 0 saturated heterocycles. The molecule has 166 valence electrons. The van der Waals surface area contributed by atoms with Gasteiger partial charge in [-0.1, -0.05) is 12.1 Å². The first-order chi connectivity index (χ1) is 13.7. The van der Waals surface area contributed by atoms with E-state index in [1.807, 2.05) is 32.0 Å². The van der Waals surface area contributed by atoms with Crippen LogP contribution in [0.15, 0.2) is 47.5 Å². The van der Waals surface area contributed by atoms with E-state index in [2.05, 4.69) is 15.6 Å². The summed E-state index contributed by atoms with van der Waals surface area (Å²) in [5.74, 6) is 1.72. The van der Waals surface area contributed by atoms with Crippen LogP contribution in [0.2, 0.25) is 0 Å². The maximum absolute atomic E-state index is 13.0. The molecule has 0 amide bonds. The highest BCUT2D eigenvalue weighted by molar-refractivity contribution is 14.0. The van der Waals surface area contributed by atoms with Crippen molar-refractivity contribution in [3.8, 4) is 11.5 Å². The fraction of sp³-hybridized carbons (Fsp3) is 0.381. The number of guanidine groups is 1. The molecule has 1 unspecified atom stereocenters. The largest absolute Gasteiger partial charge is 0.457 e. The van der Waals surface area contributed by atoms with Gasteiger partial charge in [0.1, 0.15) is 27.2 Å². The maximum atomic E-state index is 13.0. The van der Waals surface area contributed by atoms with E-state index >= 15 is 0 Å². The average molecular weight is 549 g/mol. The van der Waals surface area contributed by atoms with Gasteiger partial charge in [-0.15, -0.1) is 24.0 Å². The van der Waals surface area contributed by atoms with Crippen LogP contribution in [0.3, 0.4) is 0 Å². The van der Waals surface area contributed by atoms with E-state index in [0.717, 1.165) is 11.1 Å². The van der Waals surface area contributed by atoms with Crippen molar-refractivity contribution in [3.05, 3.63) is 59.4 Å². The molecule has 2 aromatic rings. The molecular weight excluding hydrogens is 520 g/mol. The fourth-order valence-corrected chi connectivity index (χ4v) is 3.42. The average Bonchev–Trinajstić information content (AvgIpc) is 2.66. The van der Waals surface area contributed by atoms with Crippen molar-refractivity contribution in [2.75, 3.05) is 19.1 Å². The van der Waals surface area contributed by atoms with E-state index in [9.17, 15) is 12.8 Å². The number of halogens is 2. The first-order valence-corrected chi connectivity index (χ1v) is 11.4. The lowest BCUT2D eigenvalue weighted by Gasteiger charge is -2.18. The fourth-order valence-electron chi connectivity index (χ4n) is 2.64. The third-order valence-corrected chi connectivity index (χ3v) is 5.25. The van der Waals surface area contributed by atoms with Crippen LogP contribution in [-0.2, 0) is 16.4 Å². The van der Waals surface area contributed by atoms with E-state index in [-0.39, 0.29) is 41.6 Å². The van der Waals surface area contributed by atoms with Crippen LogP contribution in [0.1, 0.15) is 24.5 Å². The number of nitrogens with one attached hydrogen (secondary N) is 2. The quantitative estimate of drug-likeness (QED) is 0.296. The van der Waals surface area contributed by atoms with E-state index in [1.165, 1.54) is 18.4 Å². The summed E-state index contributed by atoms with van der Waals surface area (Å²) in [7, 11) is -1.31. The Balaban J connectivity index is 0.00000450. The van der Waals surface area contributed by atoms with Crippen LogP contribution in [0.4, 0.5) is 4.39 Å². The van der Waals surface area contributed by atoms with Crippen molar-refractivity contribution in [2.45, 2.75) is 32.9 Å². The Bertz CT molecular complexity index is 950. The van der Waals surface area contributed by atoms with Crippen LogP contribution < -0.4 is 15.4 Å². The third-order valence-electron chi connectivity index (χ3n) is 4.27. The molecule has 2 aromatic carbocycles. The summed E-state index contributed by atoms with van der Waals surface area (Å²) < 4.78 is 41.4. The third kappa shape index (κ3) is 9.29. The topological polar surface area (TPSA) is 79.8 Å². The van der Waals surface area contributed by atoms with Gasteiger partial charge in [-0.2, -0.15) is 0 Å². The van der Waals surface area contributed by atoms with E-state index in [1.54, 1.807) is 19.2 Å². The van der Waals surface area contributed by atoms with Crippen LogP contribution in [0.5, 0.6) is 11.5 Å². The zero-order chi connectivity index (χ0) is 21.4. The van der Waals surface area contributed by atoms with E-state index in [4.69, 9.17) is 4.74 Å². The number of hydrogen-bond acceptors (Lipinski definition) is 4. The Labute approximate surface area is 195 Å². The monoisotopic (exact) mass is 549 g/mol. The molecule has 0 aromatic heterocycles. The molecule has 30 heavy (non-hydrogen) atoms. The molecule has 0 aliphatic heterocycles. The number of sulfone groups is 1. The first kappa shape index (κ1) is 26.2. The highest BCUT2D eigenvalue weighted by Gasteiger charge is 2.10. The SMILES string of the molecule is CN=C(NCc1ccc(Oc2ccc(F)cc2)c(C)c1)NC(C)CCS(C)(=O)=O.I. The van der Waals surface area contributed by atoms with Gasteiger partial charge in [-0.25, -0.2) is 12.8 Å². The molecule has 0 fully saturated rings. The minimum absolute atomic E-state index is 0. The molecule has 0 saturated carbocycles. The van der Waals surface area contributed by atoms with Gasteiger partial charge >= 0.3 is 0 Å². The summed E-state index contributed by atoms with van der Waals surface area (Å²) in [6.07, 6.45) is 1.74. The van der Waals surface area contributed by atoms with Crippen molar-refractivity contribution in [1.82, 2.24) is 10.6 Å². The van der Waals surface area contributed by atoms with Gasteiger partial charge in [0.15, 0.2) is 5.96 Å². The van der Waals surface area contributed by atoms with Gasteiger partial charge in [0, 0.05) is 25.9 Å². The molecule has 0 aliphatic carbocycles. The standard InChI is InChI=1S/C21H28FN3O3S.HI/c1-15-13-17(5-10-20(15)28-19-8-6-18(22)7-9-19)14-24-21(23-3)25-16(2)11-12-29(4,26)27;/h5-10,13,16H,11-12,14H2,1-4H3,(H2,23,24,25);1H. The second-order valence-corrected chi connectivity index (χ2v) is 9.31. The van der Waals surface area contributed by atoms with Crippen molar-refractivity contribution < 1.29 is 17.5 Å². The molecule has 0 aliphatic rings.